The van der Waals surface area contributed by atoms with Gasteiger partial charge in [-0.3, -0.25) is 4.98 Å². The van der Waals surface area contributed by atoms with Crippen LogP contribution in [0.25, 0.3) is 0 Å². The van der Waals surface area contributed by atoms with Crippen LogP contribution in [0.3, 0.4) is 0 Å². The average molecular weight is 289 g/mol. The van der Waals surface area contributed by atoms with Gasteiger partial charge in [0, 0.05) is 47.8 Å². The molecule has 0 amide bonds. The van der Waals surface area contributed by atoms with E-state index in [1.54, 1.807) is 0 Å². The molecule has 1 heterocycles. The highest BCUT2D eigenvalue weighted by Gasteiger charge is 2.24. The molecule has 21 heavy (non-hydrogen) atoms. The lowest BCUT2D eigenvalue weighted by molar-refractivity contribution is 0.423. The Labute approximate surface area is 130 Å². The predicted molar refractivity (Wildman–Crippen MR) is 90.8 cm³/mol. The van der Waals surface area contributed by atoms with Gasteiger partial charge in [-0.05, 0) is 53.5 Å². The van der Waals surface area contributed by atoms with Gasteiger partial charge >= 0.3 is 0 Å². The van der Waals surface area contributed by atoms with E-state index in [1.165, 1.54) is 36.9 Å². The quantitative estimate of drug-likeness (QED) is 0.886. The molecule has 0 aromatic carbocycles. The van der Waals surface area contributed by atoms with Crippen molar-refractivity contribution in [1.29, 1.82) is 0 Å². The summed E-state index contributed by atoms with van der Waals surface area (Å²) in [5, 5.41) is 3.60. The molecule has 1 N–H and O–H groups in total. The lowest BCUT2D eigenvalue weighted by atomic mass is 10.1. The molecule has 1 saturated carbocycles. The van der Waals surface area contributed by atoms with Crippen molar-refractivity contribution in [2.24, 2.45) is 0 Å². The van der Waals surface area contributed by atoms with Gasteiger partial charge in [-0.1, -0.05) is 12.8 Å². The normalized spacial score (nSPS) is 16.4. The highest BCUT2D eigenvalue weighted by molar-refractivity contribution is 5.54. The molecule has 1 fully saturated rings. The zero-order valence-electron chi connectivity index (χ0n) is 14.4. The van der Waals surface area contributed by atoms with Crippen molar-refractivity contribution in [3.63, 3.8) is 0 Å². The molecule has 0 radical (unpaired) electrons. The van der Waals surface area contributed by atoms with Gasteiger partial charge in [0.05, 0.1) is 0 Å². The van der Waals surface area contributed by atoms with E-state index in [9.17, 15) is 0 Å². The number of aryl methyl sites for hydroxylation is 1. The van der Waals surface area contributed by atoms with Crippen molar-refractivity contribution in [1.82, 2.24) is 10.3 Å². The zero-order valence-corrected chi connectivity index (χ0v) is 14.4. The number of aromatic nitrogens is 1. The third-order valence-corrected chi connectivity index (χ3v) is 4.32. The average Bonchev–Trinajstić information content (AvgIpc) is 2.91. The first-order valence-electron chi connectivity index (χ1n) is 8.38. The molecule has 3 heteroatoms. The second-order valence-corrected chi connectivity index (χ2v) is 7.28. The summed E-state index contributed by atoms with van der Waals surface area (Å²) in [7, 11) is 0. The molecule has 1 aliphatic carbocycles. The Hall–Kier alpha value is -1.09. The number of pyridine rings is 1. The predicted octanol–water partition coefficient (Wildman–Crippen LogP) is 4.05. The van der Waals surface area contributed by atoms with Gasteiger partial charge in [-0.25, -0.2) is 0 Å². The third kappa shape index (κ3) is 4.44. The molecule has 0 atom stereocenters. The van der Waals surface area contributed by atoms with Gasteiger partial charge < -0.3 is 10.2 Å². The highest BCUT2D eigenvalue weighted by Crippen LogP contribution is 2.30. The lowest BCUT2D eigenvalue weighted by Gasteiger charge is -2.32. The van der Waals surface area contributed by atoms with E-state index in [2.05, 4.69) is 62.1 Å². The van der Waals surface area contributed by atoms with E-state index < -0.39 is 0 Å². The van der Waals surface area contributed by atoms with Crippen molar-refractivity contribution < 1.29 is 0 Å². The van der Waals surface area contributed by atoms with E-state index in [-0.39, 0.29) is 5.54 Å². The van der Waals surface area contributed by atoms with Crippen LogP contribution >= 0.6 is 0 Å². The monoisotopic (exact) mass is 289 g/mol. The summed E-state index contributed by atoms with van der Waals surface area (Å²) in [5.41, 5.74) is 3.95. The minimum Gasteiger partial charge on any atom is -0.368 e. The van der Waals surface area contributed by atoms with Gasteiger partial charge in [0.15, 0.2) is 0 Å². The number of hydrogen-bond donors (Lipinski definition) is 1. The van der Waals surface area contributed by atoms with Crippen LogP contribution in [-0.2, 0) is 6.54 Å². The number of rotatable bonds is 5. The molecule has 0 bridgehead atoms. The summed E-state index contributed by atoms with van der Waals surface area (Å²) in [6.07, 6.45) is 7.48. The molecule has 0 saturated heterocycles. The Morgan fingerprint density at radius 1 is 1.29 bits per heavy atom. The number of anilines is 1. The molecule has 2 rings (SSSR count). The second-order valence-electron chi connectivity index (χ2n) is 7.28. The zero-order chi connectivity index (χ0) is 15.5. The minimum atomic E-state index is 0.132. The fraction of sp³-hybridized carbons (Fsp3) is 0.722. The first kappa shape index (κ1) is 16.3. The van der Waals surface area contributed by atoms with E-state index in [1.807, 2.05) is 0 Å². The number of nitrogens with one attached hydrogen (secondary N) is 1. The maximum absolute atomic E-state index is 4.52. The van der Waals surface area contributed by atoms with Crippen molar-refractivity contribution >= 4 is 5.69 Å². The van der Waals surface area contributed by atoms with Crippen LogP contribution in [0.4, 0.5) is 5.69 Å². The molecule has 1 aliphatic rings. The Morgan fingerprint density at radius 2 is 1.95 bits per heavy atom. The van der Waals surface area contributed by atoms with Gasteiger partial charge in [0.25, 0.3) is 0 Å². The van der Waals surface area contributed by atoms with Gasteiger partial charge in [0.1, 0.15) is 0 Å². The van der Waals surface area contributed by atoms with Gasteiger partial charge in [0.2, 0.25) is 0 Å². The standard InChI is InChI=1S/C18H31N3/c1-6-21(16-9-7-8-10-16)17-11-14(2)19-12-15(17)13-20-18(3,4)5/h11-12,16,20H,6-10,13H2,1-5H3. The summed E-state index contributed by atoms with van der Waals surface area (Å²) >= 11 is 0. The Balaban J connectivity index is 2.24. The number of hydrogen-bond acceptors (Lipinski definition) is 3. The molecular formula is C18H31N3. The first-order chi connectivity index (χ1) is 9.90. The van der Waals surface area contributed by atoms with Crippen molar-refractivity contribution in [3.8, 4) is 0 Å². The van der Waals surface area contributed by atoms with Crippen molar-refractivity contribution in [2.75, 3.05) is 11.4 Å². The Kier molecular flexibility index (Phi) is 5.26. The summed E-state index contributed by atoms with van der Waals surface area (Å²) in [6.45, 7) is 13.0. The third-order valence-electron chi connectivity index (χ3n) is 4.32. The topological polar surface area (TPSA) is 28.2 Å². The van der Waals surface area contributed by atoms with Crippen LogP contribution in [0.2, 0.25) is 0 Å². The van der Waals surface area contributed by atoms with E-state index in [4.69, 9.17) is 0 Å². The van der Waals surface area contributed by atoms with Gasteiger partial charge in [-0.2, -0.15) is 0 Å². The molecule has 3 nitrogen and oxygen atoms in total. The highest BCUT2D eigenvalue weighted by atomic mass is 15.2. The van der Waals surface area contributed by atoms with E-state index in [0.29, 0.717) is 6.04 Å². The van der Waals surface area contributed by atoms with Crippen LogP contribution in [0.15, 0.2) is 12.3 Å². The fourth-order valence-corrected chi connectivity index (χ4v) is 3.18. The largest absolute Gasteiger partial charge is 0.368 e. The summed E-state index contributed by atoms with van der Waals surface area (Å²) in [6, 6.07) is 2.98. The van der Waals surface area contributed by atoms with Crippen molar-refractivity contribution in [2.45, 2.75) is 78.4 Å². The lowest BCUT2D eigenvalue weighted by Crippen LogP contribution is -2.37. The van der Waals surface area contributed by atoms with Crippen LogP contribution in [0.5, 0.6) is 0 Å². The SMILES string of the molecule is CCN(c1cc(C)ncc1CNC(C)(C)C)C1CCCC1. The Bertz CT molecular complexity index is 456. The minimum absolute atomic E-state index is 0.132. The van der Waals surface area contributed by atoms with Crippen LogP contribution < -0.4 is 10.2 Å². The number of nitrogens with zero attached hydrogens (tertiary/aromatic N) is 2. The van der Waals surface area contributed by atoms with Crippen LogP contribution in [-0.4, -0.2) is 23.1 Å². The van der Waals surface area contributed by atoms with Crippen molar-refractivity contribution in [3.05, 3.63) is 23.5 Å². The first-order valence-corrected chi connectivity index (χ1v) is 8.38. The van der Waals surface area contributed by atoms with Gasteiger partial charge in [-0.15, -0.1) is 0 Å². The van der Waals surface area contributed by atoms with Crippen LogP contribution in [0.1, 0.15) is 64.6 Å². The molecule has 1 aromatic rings. The summed E-state index contributed by atoms with van der Waals surface area (Å²) in [5.74, 6) is 0. The maximum Gasteiger partial charge on any atom is 0.0447 e. The second kappa shape index (κ2) is 6.78. The smallest absolute Gasteiger partial charge is 0.0447 e. The Morgan fingerprint density at radius 3 is 2.52 bits per heavy atom. The molecule has 118 valence electrons. The summed E-state index contributed by atoms with van der Waals surface area (Å²) < 4.78 is 0. The van der Waals surface area contributed by atoms with E-state index in [0.717, 1.165) is 18.8 Å². The summed E-state index contributed by atoms with van der Waals surface area (Å²) in [4.78, 5) is 7.12. The molecule has 0 aliphatic heterocycles. The molecule has 0 spiro atoms. The van der Waals surface area contributed by atoms with E-state index >= 15 is 0 Å². The molecular weight excluding hydrogens is 258 g/mol. The van der Waals surface area contributed by atoms with Crippen LogP contribution in [0, 0.1) is 6.92 Å². The molecule has 1 aromatic heterocycles. The molecule has 0 unspecified atom stereocenters. The fourth-order valence-electron chi connectivity index (χ4n) is 3.18. The maximum atomic E-state index is 4.52.